The van der Waals surface area contributed by atoms with Crippen molar-refractivity contribution < 1.29 is 9.90 Å². The lowest BCUT2D eigenvalue weighted by Gasteiger charge is -2.13. The number of phenols is 1. The summed E-state index contributed by atoms with van der Waals surface area (Å²) in [5, 5.41) is 12.2. The minimum absolute atomic E-state index is 0.0453. The van der Waals surface area contributed by atoms with Crippen molar-refractivity contribution in [3.05, 3.63) is 35.9 Å². The van der Waals surface area contributed by atoms with Crippen LogP contribution in [0.3, 0.4) is 0 Å². The van der Waals surface area contributed by atoms with Gasteiger partial charge in [0.25, 0.3) is 5.91 Å². The van der Waals surface area contributed by atoms with Crippen LogP contribution in [0.5, 0.6) is 5.75 Å². The van der Waals surface area contributed by atoms with Gasteiger partial charge in [0, 0.05) is 11.7 Å². The summed E-state index contributed by atoms with van der Waals surface area (Å²) >= 11 is 0. The number of hydrogen-bond acceptors (Lipinski definition) is 3. The van der Waals surface area contributed by atoms with Gasteiger partial charge in [-0.2, -0.15) is 0 Å². The number of nitrogens with two attached hydrogens (primary N) is 1. The first kappa shape index (κ1) is 10.5. The van der Waals surface area contributed by atoms with E-state index in [1.165, 1.54) is 18.2 Å². The molecule has 4 nitrogen and oxygen atoms in total. The fourth-order valence-corrected chi connectivity index (χ4v) is 1.74. The van der Waals surface area contributed by atoms with Crippen molar-refractivity contribution in [2.75, 3.05) is 5.73 Å². The third-order valence-corrected chi connectivity index (χ3v) is 2.62. The topological polar surface area (TPSA) is 75.3 Å². The molecule has 0 saturated carbocycles. The summed E-state index contributed by atoms with van der Waals surface area (Å²) in [4.78, 5) is 11.8. The van der Waals surface area contributed by atoms with Crippen LogP contribution in [0.4, 0.5) is 5.69 Å². The quantitative estimate of drug-likeness (QED) is 0.399. The van der Waals surface area contributed by atoms with Crippen LogP contribution in [0, 0.1) is 0 Å². The number of nitrogens with one attached hydrogen (secondary N) is 1. The largest absolute Gasteiger partial charge is 0.508 e. The molecule has 1 aliphatic carbocycles. The number of carbonyl (C=O) groups is 1. The monoisotopic (exact) mass is 218 g/mol. The van der Waals surface area contributed by atoms with Gasteiger partial charge in [0.15, 0.2) is 0 Å². The van der Waals surface area contributed by atoms with Crippen LogP contribution in [-0.2, 0) is 0 Å². The molecule has 0 saturated heterocycles. The molecule has 4 heteroatoms. The summed E-state index contributed by atoms with van der Waals surface area (Å²) < 4.78 is 0. The lowest BCUT2D eigenvalue weighted by Crippen LogP contribution is -2.33. The zero-order valence-electron chi connectivity index (χ0n) is 8.81. The van der Waals surface area contributed by atoms with E-state index >= 15 is 0 Å². The zero-order chi connectivity index (χ0) is 11.5. The van der Waals surface area contributed by atoms with Crippen LogP contribution >= 0.6 is 0 Å². The third kappa shape index (κ3) is 2.16. The summed E-state index contributed by atoms with van der Waals surface area (Å²) in [5.41, 5.74) is 6.38. The molecule has 0 bridgehead atoms. The van der Waals surface area contributed by atoms with Crippen LogP contribution in [-0.4, -0.2) is 17.1 Å². The Kier molecular flexibility index (Phi) is 2.81. The van der Waals surface area contributed by atoms with Crippen LogP contribution in [0.1, 0.15) is 23.2 Å². The molecule has 1 aliphatic rings. The number of rotatable bonds is 2. The SMILES string of the molecule is Nc1ccc(O)cc1C(=O)NC1CC=CC1. The fraction of sp³-hybridized carbons (Fsp3) is 0.250. The zero-order valence-corrected chi connectivity index (χ0v) is 8.81. The summed E-state index contributed by atoms with van der Waals surface area (Å²) in [6.45, 7) is 0. The molecule has 0 aromatic heterocycles. The van der Waals surface area contributed by atoms with E-state index in [0.717, 1.165) is 12.8 Å². The maximum atomic E-state index is 11.8. The summed E-state index contributed by atoms with van der Waals surface area (Å²) in [6.07, 6.45) is 5.78. The number of amides is 1. The van der Waals surface area contributed by atoms with Crippen molar-refractivity contribution >= 4 is 11.6 Å². The van der Waals surface area contributed by atoms with Crippen molar-refractivity contribution in [2.45, 2.75) is 18.9 Å². The van der Waals surface area contributed by atoms with Gasteiger partial charge >= 0.3 is 0 Å². The second kappa shape index (κ2) is 4.26. The van der Waals surface area contributed by atoms with Crippen molar-refractivity contribution in [2.24, 2.45) is 0 Å². The second-order valence-corrected chi connectivity index (χ2v) is 3.88. The van der Waals surface area contributed by atoms with Gasteiger partial charge in [0.2, 0.25) is 0 Å². The average Bonchev–Trinajstić information content (AvgIpc) is 2.74. The highest BCUT2D eigenvalue weighted by atomic mass is 16.3. The fourth-order valence-electron chi connectivity index (χ4n) is 1.74. The Morgan fingerprint density at radius 2 is 2.06 bits per heavy atom. The highest BCUT2D eigenvalue weighted by Crippen LogP contribution is 2.19. The Morgan fingerprint density at radius 1 is 1.38 bits per heavy atom. The van der Waals surface area contributed by atoms with Crippen molar-refractivity contribution in [3.63, 3.8) is 0 Å². The van der Waals surface area contributed by atoms with Crippen LogP contribution in [0.2, 0.25) is 0 Å². The predicted molar refractivity (Wildman–Crippen MR) is 62.1 cm³/mol. The predicted octanol–water partition coefficient (Wildman–Crippen LogP) is 1.42. The molecular weight excluding hydrogens is 204 g/mol. The Bertz CT molecular complexity index is 433. The molecule has 1 aromatic carbocycles. The normalized spacial score (nSPS) is 15.2. The number of benzene rings is 1. The Balaban J connectivity index is 2.10. The van der Waals surface area contributed by atoms with Crippen LogP contribution < -0.4 is 11.1 Å². The number of aromatic hydroxyl groups is 1. The van der Waals surface area contributed by atoms with Gasteiger partial charge in [-0.1, -0.05) is 12.2 Å². The molecule has 0 atom stereocenters. The minimum atomic E-state index is -0.234. The highest BCUT2D eigenvalue weighted by molar-refractivity contribution is 5.99. The Hall–Kier alpha value is -1.97. The van der Waals surface area contributed by atoms with Gasteiger partial charge in [-0.05, 0) is 31.0 Å². The van der Waals surface area contributed by atoms with E-state index < -0.39 is 0 Å². The van der Waals surface area contributed by atoms with Gasteiger partial charge < -0.3 is 16.2 Å². The van der Waals surface area contributed by atoms with Gasteiger partial charge in [-0.3, -0.25) is 4.79 Å². The van der Waals surface area contributed by atoms with Crippen molar-refractivity contribution in [1.29, 1.82) is 0 Å². The first-order chi connectivity index (χ1) is 7.66. The summed E-state index contributed by atoms with van der Waals surface area (Å²) in [5.74, 6) is -0.189. The van der Waals surface area contributed by atoms with Crippen LogP contribution in [0.25, 0.3) is 0 Å². The molecule has 1 amide bonds. The summed E-state index contributed by atoms with van der Waals surface area (Å²) in [6, 6.07) is 4.52. The van der Waals surface area contributed by atoms with E-state index in [1.807, 2.05) is 12.2 Å². The van der Waals surface area contributed by atoms with Crippen molar-refractivity contribution in [1.82, 2.24) is 5.32 Å². The van der Waals surface area contributed by atoms with E-state index in [9.17, 15) is 9.90 Å². The molecule has 0 aliphatic heterocycles. The molecule has 0 fully saturated rings. The first-order valence-electron chi connectivity index (χ1n) is 5.21. The molecule has 16 heavy (non-hydrogen) atoms. The van der Waals surface area contributed by atoms with E-state index in [0.29, 0.717) is 11.3 Å². The van der Waals surface area contributed by atoms with Gasteiger partial charge in [0.05, 0.1) is 5.56 Å². The second-order valence-electron chi connectivity index (χ2n) is 3.88. The Morgan fingerprint density at radius 3 is 2.75 bits per heavy atom. The maximum absolute atomic E-state index is 11.8. The molecular formula is C12H14N2O2. The number of anilines is 1. The molecule has 1 aromatic rings. The number of phenolic OH excluding ortho intramolecular Hbond substituents is 1. The first-order valence-corrected chi connectivity index (χ1v) is 5.21. The van der Waals surface area contributed by atoms with Gasteiger partial charge in [-0.15, -0.1) is 0 Å². The van der Waals surface area contributed by atoms with Crippen LogP contribution in [0.15, 0.2) is 30.4 Å². The van der Waals surface area contributed by atoms with E-state index in [-0.39, 0.29) is 17.7 Å². The molecule has 0 heterocycles. The molecule has 4 N–H and O–H groups in total. The lowest BCUT2D eigenvalue weighted by atomic mass is 10.1. The summed E-state index contributed by atoms with van der Waals surface area (Å²) in [7, 11) is 0. The van der Waals surface area contributed by atoms with E-state index in [1.54, 1.807) is 0 Å². The average molecular weight is 218 g/mol. The third-order valence-electron chi connectivity index (χ3n) is 2.62. The molecule has 0 radical (unpaired) electrons. The minimum Gasteiger partial charge on any atom is -0.508 e. The van der Waals surface area contributed by atoms with Crippen molar-refractivity contribution in [3.8, 4) is 5.75 Å². The number of nitrogen functional groups attached to an aromatic ring is 1. The molecule has 0 spiro atoms. The lowest BCUT2D eigenvalue weighted by molar-refractivity contribution is 0.0939. The smallest absolute Gasteiger partial charge is 0.253 e. The Labute approximate surface area is 93.8 Å². The maximum Gasteiger partial charge on any atom is 0.253 e. The number of carbonyl (C=O) groups excluding carboxylic acids is 1. The van der Waals surface area contributed by atoms with Gasteiger partial charge in [-0.25, -0.2) is 0 Å². The standard InChI is InChI=1S/C12H14N2O2/c13-11-6-5-9(15)7-10(11)12(16)14-8-3-1-2-4-8/h1-2,5-8,15H,3-4,13H2,(H,14,16). The number of hydrogen-bond donors (Lipinski definition) is 3. The van der Waals surface area contributed by atoms with Gasteiger partial charge in [0.1, 0.15) is 5.75 Å². The van der Waals surface area contributed by atoms with E-state index in [4.69, 9.17) is 5.73 Å². The molecule has 84 valence electrons. The molecule has 2 rings (SSSR count). The molecule has 0 unspecified atom stereocenters. The van der Waals surface area contributed by atoms with E-state index in [2.05, 4.69) is 5.32 Å². The highest BCUT2D eigenvalue weighted by Gasteiger charge is 2.16.